The Kier molecular flexibility index (Phi) is 9.79. The van der Waals surface area contributed by atoms with Gasteiger partial charge in [0.15, 0.2) is 0 Å². The molecule has 0 spiro atoms. The van der Waals surface area contributed by atoms with Gasteiger partial charge in [0, 0.05) is 46.8 Å². The third kappa shape index (κ3) is 8.03. The molecule has 37 heavy (non-hydrogen) atoms. The summed E-state index contributed by atoms with van der Waals surface area (Å²) < 4.78 is 26.1. The van der Waals surface area contributed by atoms with E-state index >= 15 is 0 Å². The minimum absolute atomic E-state index is 0. The van der Waals surface area contributed by atoms with E-state index in [1.165, 1.54) is 6.07 Å². The van der Waals surface area contributed by atoms with Crippen LogP contribution in [0.1, 0.15) is 62.8 Å². The Bertz CT molecular complexity index is 1240. The number of benzene rings is 2. The van der Waals surface area contributed by atoms with E-state index < -0.39 is 5.97 Å². The van der Waals surface area contributed by atoms with Gasteiger partial charge >= 0.3 is 5.97 Å². The van der Waals surface area contributed by atoms with Crippen LogP contribution in [0.3, 0.4) is 0 Å². The molecule has 1 aromatic heterocycles. The predicted molar refractivity (Wildman–Crippen MR) is 144 cm³/mol. The number of methoxy groups -OCH3 is 1. The molecule has 0 saturated heterocycles. The molecule has 1 aliphatic rings. The van der Waals surface area contributed by atoms with Crippen molar-refractivity contribution in [1.82, 2.24) is 4.98 Å². The Morgan fingerprint density at radius 3 is 2.51 bits per heavy atom. The first kappa shape index (κ1) is 29.2. The molecule has 0 amide bonds. The molecule has 1 unspecified atom stereocenters. The molecular formula is C30H34FNNaO4. The number of carbonyl (C=O) groups is 1. The fourth-order valence-corrected chi connectivity index (χ4v) is 4.60. The first-order valence-electron chi connectivity index (χ1n) is 12.4. The number of carboxylic acid groups (broad SMARTS) is 1. The maximum absolute atomic E-state index is 14.8. The fraction of sp³-hybridized carbons (Fsp3) is 0.400. The zero-order valence-corrected chi connectivity index (χ0v) is 24.4. The van der Waals surface area contributed by atoms with Crippen LogP contribution >= 0.6 is 0 Å². The van der Waals surface area contributed by atoms with Crippen molar-refractivity contribution >= 4 is 35.5 Å². The van der Waals surface area contributed by atoms with Crippen LogP contribution in [0.5, 0.6) is 11.6 Å². The number of pyridine rings is 1. The number of aliphatic carboxylic acids is 1. The molecule has 1 fully saturated rings. The van der Waals surface area contributed by atoms with Crippen molar-refractivity contribution in [1.29, 1.82) is 0 Å². The summed E-state index contributed by atoms with van der Waals surface area (Å²) in [6.45, 7) is 6.67. The number of ether oxygens (including phenoxy) is 2. The van der Waals surface area contributed by atoms with Crippen molar-refractivity contribution in [3.8, 4) is 22.8 Å². The van der Waals surface area contributed by atoms with E-state index in [9.17, 15) is 14.3 Å². The Morgan fingerprint density at radius 1 is 1.11 bits per heavy atom. The number of nitrogens with zero attached hydrogens (tertiary/aromatic N) is 1. The largest absolute Gasteiger partial charge is 0.497 e. The van der Waals surface area contributed by atoms with E-state index in [1.807, 2.05) is 30.3 Å². The van der Waals surface area contributed by atoms with Crippen LogP contribution in [-0.4, -0.2) is 52.7 Å². The number of aromatic nitrogens is 1. The summed E-state index contributed by atoms with van der Waals surface area (Å²) in [6, 6.07) is 16.3. The van der Waals surface area contributed by atoms with Crippen LogP contribution < -0.4 is 9.47 Å². The summed E-state index contributed by atoms with van der Waals surface area (Å²) in [7, 11) is 1.56. The van der Waals surface area contributed by atoms with E-state index in [1.54, 1.807) is 25.3 Å². The van der Waals surface area contributed by atoms with E-state index in [2.05, 4.69) is 20.8 Å². The molecule has 1 heterocycles. The van der Waals surface area contributed by atoms with E-state index in [0.717, 1.165) is 35.2 Å². The molecule has 4 rings (SSSR count). The van der Waals surface area contributed by atoms with Crippen molar-refractivity contribution in [2.45, 2.75) is 59.0 Å². The molecule has 1 radical (unpaired) electrons. The third-order valence-electron chi connectivity index (χ3n) is 6.46. The van der Waals surface area contributed by atoms with Crippen LogP contribution in [0.15, 0.2) is 54.6 Å². The zero-order valence-electron chi connectivity index (χ0n) is 22.4. The molecule has 3 aromatic rings. The summed E-state index contributed by atoms with van der Waals surface area (Å²) in [4.78, 5) is 16.1. The van der Waals surface area contributed by atoms with Gasteiger partial charge in [-0.05, 0) is 71.9 Å². The van der Waals surface area contributed by atoms with Crippen LogP contribution in [0.4, 0.5) is 4.39 Å². The molecule has 7 heteroatoms. The standard InChI is InChI=1S/C30H34FNO4.Na/c1-30(2,3)17-27-23(25-15-22(35-4)10-12-26(25)31)11-13-28(32-27)36-18-19-6-5-7-21(14-19)24(16-29(33)34)20-8-9-20;/h5-7,10-15,20,24H,8-9,16-18H2,1-4H3,(H,33,34);. The van der Waals surface area contributed by atoms with Crippen molar-refractivity contribution in [2.75, 3.05) is 7.11 Å². The zero-order chi connectivity index (χ0) is 25.9. The molecule has 0 bridgehead atoms. The molecule has 1 aliphatic carbocycles. The average Bonchev–Trinajstić information content (AvgIpc) is 3.66. The van der Waals surface area contributed by atoms with Crippen molar-refractivity contribution in [2.24, 2.45) is 11.3 Å². The van der Waals surface area contributed by atoms with E-state index in [-0.39, 0.29) is 53.1 Å². The number of hydrogen-bond donors (Lipinski definition) is 1. The van der Waals surface area contributed by atoms with Gasteiger partial charge in [0.2, 0.25) is 5.88 Å². The quantitative estimate of drug-likeness (QED) is 0.307. The van der Waals surface area contributed by atoms with Crippen molar-refractivity contribution < 1.29 is 23.8 Å². The maximum Gasteiger partial charge on any atom is 0.303 e. The first-order chi connectivity index (χ1) is 17.1. The summed E-state index contributed by atoms with van der Waals surface area (Å²) in [5.74, 6) is 0.442. The number of halogens is 1. The van der Waals surface area contributed by atoms with Gasteiger partial charge in [-0.1, -0.05) is 45.0 Å². The second-order valence-corrected chi connectivity index (χ2v) is 10.8. The van der Waals surface area contributed by atoms with Crippen molar-refractivity contribution in [3.63, 3.8) is 0 Å². The Balaban J connectivity index is 0.00000380. The molecule has 5 nitrogen and oxygen atoms in total. The van der Waals surface area contributed by atoms with Gasteiger partial charge in [-0.25, -0.2) is 9.37 Å². The molecule has 1 saturated carbocycles. The SMILES string of the molecule is COc1ccc(F)c(-c2ccc(OCc3cccc(C(CC(=O)O)C4CC4)c3)nc2CC(C)(C)C)c1.[Na]. The van der Waals surface area contributed by atoms with Gasteiger partial charge in [0.25, 0.3) is 0 Å². The molecule has 191 valence electrons. The second-order valence-electron chi connectivity index (χ2n) is 10.8. The Labute approximate surface area is 240 Å². The average molecular weight is 515 g/mol. The van der Waals surface area contributed by atoms with Crippen molar-refractivity contribution in [3.05, 3.63) is 77.2 Å². The third-order valence-corrected chi connectivity index (χ3v) is 6.46. The van der Waals surface area contributed by atoms with Gasteiger partial charge in [-0.2, -0.15) is 0 Å². The second kappa shape index (κ2) is 12.4. The van der Waals surface area contributed by atoms with Crippen LogP contribution in [0, 0.1) is 17.2 Å². The minimum atomic E-state index is -0.767. The van der Waals surface area contributed by atoms with Gasteiger partial charge in [0.05, 0.1) is 19.2 Å². The number of rotatable bonds is 10. The van der Waals surface area contributed by atoms with E-state index in [4.69, 9.17) is 14.5 Å². The summed E-state index contributed by atoms with van der Waals surface area (Å²) >= 11 is 0. The topological polar surface area (TPSA) is 68.7 Å². The number of hydrogen-bond acceptors (Lipinski definition) is 4. The summed E-state index contributed by atoms with van der Waals surface area (Å²) in [6.07, 6.45) is 2.96. The monoisotopic (exact) mass is 514 g/mol. The maximum atomic E-state index is 14.8. The molecule has 1 atom stereocenters. The fourth-order valence-electron chi connectivity index (χ4n) is 4.60. The molecule has 0 aliphatic heterocycles. The Hall–Kier alpha value is -2.41. The minimum Gasteiger partial charge on any atom is -0.497 e. The molecule has 1 N–H and O–H groups in total. The normalized spacial score (nSPS) is 14.0. The van der Waals surface area contributed by atoms with Gasteiger partial charge in [0.1, 0.15) is 18.2 Å². The summed E-state index contributed by atoms with van der Waals surface area (Å²) in [5.41, 5.74) is 3.88. The smallest absolute Gasteiger partial charge is 0.303 e. The van der Waals surface area contributed by atoms with Crippen LogP contribution in [-0.2, 0) is 17.8 Å². The van der Waals surface area contributed by atoms with Gasteiger partial charge in [-0.15, -0.1) is 0 Å². The molecular weight excluding hydrogens is 480 g/mol. The Morgan fingerprint density at radius 2 is 1.86 bits per heavy atom. The van der Waals surface area contributed by atoms with Gasteiger partial charge in [-0.3, -0.25) is 4.79 Å². The van der Waals surface area contributed by atoms with Gasteiger partial charge < -0.3 is 14.6 Å². The van der Waals surface area contributed by atoms with E-state index in [0.29, 0.717) is 36.1 Å². The predicted octanol–water partition coefficient (Wildman–Crippen LogP) is 6.65. The van der Waals surface area contributed by atoms with Crippen LogP contribution in [0.25, 0.3) is 11.1 Å². The first-order valence-corrected chi connectivity index (χ1v) is 12.4. The van der Waals surface area contributed by atoms with Crippen LogP contribution in [0.2, 0.25) is 0 Å². The summed E-state index contributed by atoms with van der Waals surface area (Å²) in [5, 5.41) is 9.34. The number of carboxylic acids is 1. The molecule has 2 aromatic carbocycles.